The van der Waals surface area contributed by atoms with E-state index in [2.05, 4.69) is 20.9 Å². The van der Waals surface area contributed by atoms with Crippen LogP contribution in [0.3, 0.4) is 0 Å². The Morgan fingerprint density at radius 1 is 1.14 bits per heavy atom. The Hall–Kier alpha value is -3.44. The van der Waals surface area contributed by atoms with Crippen LogP contribution < -0.4 is 25.6 Å². The molecular weight excluding hydrogens is 592 g/mol. The molecule has 12 heteroatoms. The molecule has 3 aliphatic heterocycles. The highest BCUT2D eigenvalue weighted by Gasteiger charge is 2.47. The first kappa shape index (κ1) is 32.0. The summed E-state index contributed by atoms with van der Waals surface area (Å²) in [6.07, 6.45) is 1.45. The number of anilines is 1. The second kappa shape index (κ2) is 12.5. The van der Waals surface area contributed by atoms with Crippen molar-refractivity contribution in [3.05, 3.63) is 58.1 Å². The fourth-order valence-corrected chi connectivity index (χ4v) is 6.71. The third-order valence-electron chi connectivity index (χ3n) is 8.84. The zero-order valence-corrected chi connectivity index (χ0v) is 26.4. The number of benzene rings is 2. The number of nitrogens with zero attached hydrogens (tertiary/aromatic N) is 2. The third kappa shape index (κ3) is 6.21. The molecule has 3 amide bonds. The van der Waals surface area contributed by atoms with E-state index in [1.54, 1.807) is 18.0 Å². The van der Waals surface area contributed by atoms with Crippen LogP contribution in [0.4, 0.5) is 14.5 Å². The maximum Gasteiger partial charge on any atom is 0.246 e. The number of carbonyl (C=O) groups is 3. The van der Waals surface area contributed by atoms with Gasteiger partial charge in [-0.1, -0.05) is 39.3 Å². The summed E-state index contributed by atoms with van der Waals surface area (Å²) in [6, 6.07) is 4.27. The van der Waals surface area contributed by atoms with Crippen LogP contribution in [0.2, 0.25) is 5.02 Å². The Morgan fingerprint density at radius 2 is 1.89 bits per heavy atom. The maximum absolute atomic E-state index is 14.9. The SMILES string of the molecule is CC[C@H](NC)C(=O)N[C@H](C(=O)N1C[C@@H]2Cc3cc(Cl)ccc3N2C[C@H]1C(=O)N[C@@H]1CCOc2cc(F)cc(F)c21)C(C)(C)C. The summed E-state index contributed by atoms with van der Waals surface area (Å²) < 4.78 is 34.3. The Kier molecular flexibility index (Phi) is 9.09. The Bertz CT molecular complexity index is 1450. The van der Waals surface area contributed by atoms with Gasteiger partial charge in [0, 0.05) is 42.4 Å². The van der Waals surface area contributed by atoms with Crippen LogP contribution in [0, 0.1) is 17.0 Å². The fraction of sp³-hybridized carbons (Fsp3) is 0.531. The first-order chi connectivity index (χ1) is 20.8. The molecule has 3 heterocycles. The molecule has 0 bridgehead atoms. The number of carbonyl (C=O) groups excluding carboxylic acids is 3. The van der Waals surface area contributed by atoms with E-state index in [-0.39, 0.29) is 55.3 Å². The molecule has 0 aliphatic carbocycles. The van der Waals surface area contributed by atoms with Crippen LogP contribution in [0.25, 0.3) is 0 Å². The topological polar surface area (TPSA) is 103 Å². The smallest absolute Gasteiger partial charge is 0.246 e. The molecule has 3 N–H and O–H groups in total. The number of hydrogen-bond acceptors (Lipinski definition) is 6. The zero-order chi connectivity index (χ0) is 31.9. The molecule has 0 radical (unpaired) electrons. The van der Waals surface area contributed by atoms with Crippen molar-refractivity contribution >= 4 is 35.0 Å². The zero-order valence-electron chi connectivity index (χ0n) is 25.7. The van der Waals surface area contributed by atoms with E-state index in [0.717, 1.165) is 23.4 Å². The second-order valence-electron chi connectivity index (χ2n) is 12.8. The molecule has 5 atom stereocenters. The molecule has 2 aromatic carbocycles. The number of amides is 3. The predicted molar refractivity (Wildman–Crippen MR) is 164 cm³/mol. The van der Waals surface area contributed by atoms with Gasteiger partial charge in [0.1, 0.15) is 29.5 Å². The number of hydrogen-bond donors (Lipinski definition) is 3. The summed E-state index contributed by atoms with van der Waals surface area (Å²) >= 11 is 6.28. The van der Waals surface area contributed by atoms with Crippen molar-refractivity contribution in [2.24, 2.45) is 5.41 Å². The standard InChI is InChI=1S/C32H40ClF2N5O4/c1-6-22(36-5)29(41)38-28(32(2,3)4)31(43)40-15-20-12-17-11-18(33)7-8-24(17)39(20)16-25(40)30(42)37-23-9-10-44-26-14-19(34)13-21(35)27(23)26/h7-8,11,13-14,20,22-23,25,28,36H,6,9-10,12,15-16H2,1-5H3,(H,37,42)(H,38,41)/t20-,22-,23+,25-,28+/m0/s1. The maximum atomic E-state index is 14.9. The Balaban J connectivity index is 1.48. The number of fused-ring (bicyclic) bond motifs is 4. The van der Waals surface area contributed by atoms with Crippen molar-refractivity contribution in [3.63, 3.8) is 0 Å². The normalized spacial score (nSPS) is 22.2. The lowest BCUT2D eigenvalue weighted by Crippen LogP contribution is -2.68. The summed E-state index contributed by atoms with van der Waals surface area (Å²) in [7, 11) is 1.69. The average Bonchev–Trinajstić information content (AvgIpc) is 3.31. The molecule has 3 aliphatic rings. The Labute approximate surface area is 261 Å². The minimum atomic E-state index is -0.955. The van der Waals surface area contributed by atoms with Gasteiger partial charge in [0.05, 0.1) is 30.3 Å². The van der Waals surface area contributed by atoms with Gasteiger partial charge < -0.3 is 30.5 Å². The van der Waals surface area contributed by atoms with Crippen molar-refractivity contribution in [2.45, 2.75) is 77.2 Å². The largest absolute Gasteiger partial charge is 0.493 e. The lowest BCUT2D eigenvalue weighted by molar-refractivity contribution is -0.147. The predicted octanol–water partition coefficient (Wildman–Crippen LogP) is 3.73. The summed E-state index contributed by atoms with van der Waals surface area (Å²) in [6.45, 7) is 8.08. The monoisotopic (exact) mass is 631 g/mol. The van der Waals surface area contributed by atoms with Crippen LogP contribution in [-0.2, 0) is 20.8 Å². The number of rotatable bonds is 7. The van der Waals surface area contributed by atoms with E-state index in [9.17, 15) is 23.2 Å². The van der Waals surface area contributed by atoms with Crippen molar-refractivity contribution in [1.29, 1.82) is 0 Å². The lowest BCUT2D eigenvalue weighted by Gasteiger charge is -2.46. The number of likely N-dealkylation sites (N-methyl/N-ethyl adjacent to an activating group) is 1. The number of ether oxygens (including phenoxy) is 1. The molecule has 1 fully saturated rings. The van der Waals surface area contributed by atoms with Gasteiger partial charge in [0.2, 0.25) is 17.7 Å². The van der Waals surface area contributed by atoms with E-state index < -0.39 is 47.1 Å². The fourth-order valence-electron chi connectivity index (χ4n) is 6.52. The molecule has 1 saturated heterocycles. The molecule has 2 aromatic rings. The summed E-state index contributed by atoms with van der Waals surface area (Å²) in [5, 5.41) is 9.47. The van der Waals surface area contributed by atoms with Crippen LogP contribution in [0.15, 0.2) is 30.3 Å². The summed E-state index contributed by atoms with van der Waals surface area (Å²) in [5.74, 6) is -2.67. The van der Waals surface area contributed by atoms with Crippen molar-refractivity contribution in [2.75, 3.05) is 31.6 Å². The minimum absolute atomic E-state index is 0.0477. The lowest BCUT2D eigenvalue weighted by atomic mass is 9.84. The van der Waals surface area contributed by atoms with E-state index in [1.165, 1.54) is 0 Å². The summed E-state index contributed by atoms with van der Waals surface area (Å²) in [5.41, 5.74) is 1.38. The highest BCUT2D eigenvalue weighted by Crippen LogP contribution is 2.39. The van der Waals surface area contributed by atoms with Gasteiger partial charge in [-0.05, 0) is 49.1 Å². The molecular formula is C32H40ClF2N5O4. The van der Waals surface area contributed by atoms with Crippen LogP contribution in [0.5, 0.6) is 5.75 Å². The van der Waals surface area contributed by atoms with E-state index >= 15 is 0 Å². The first-order valence-electron chi connectivity index (χ1n) is 15.1. The van der Waals surface area contributed by atoms with Gasteiger partial charge in [-0.3, -0.25) is 14.4 Å². The van der Waals surface area contributed by atoms with Gasteiger partial charge in [-0.25, -0.2) is 8.78 Å². The third-order valence-corrected chi connectivity index (χ3v) is 9.08. The van der Waals surface area contributed by atoms with E-state index in [4.69, 9.17) is 16.3 Å². The van der Waals surface area contributed by atoms with E-state index in [0.29, 0.717) is 17.9 Å². The van der Waals surface area contributed by atoms with Crippen molar-refractivity contribution in [3.8, 4) is 5.75 Å². The van der Waals surface area contributed by atoms with Gasteiger partial charge in [0.15, 0.2) is 0 Å². The minimum Gasteiger partial charge on any atom is -0.493 e. The molecule has 5 rings (SSSR count). The van der Waals surface area contributed by atoms with Crippen LogP contribution >= 0.6 is 11.6 Å². The second-order valence-corrected chi connectivity index (χ2v) is 13.3. The van der Waals surface area contributed by atoms with E-state index in [1.807, 2.05) is 39.8 Å². The van der Waals surface area contributed by atoms with Crippen LogP contribution in [0.1, 0.15) is 57.7 Å². The average molecular weight is 632 g/mol. The molecule has 0 saturated carbocycles. The van der Waals surface area contributed by atoms with Gasteiger partial charge in [-0.15, -0.1) is 0 Å². The van der Waals surface area contributed by atoms with Crippen molar-refractivity contribution < 1.29 is 27.9 Å². The highest BCUT2D eigenvalue weighted by molar-refractivity contribution is 6.30. The molecule has 9 nitrogen and oxygen atoms in total. The first-order valence-corrected chi connectivity index (χ1v) is 15.5. The quantitative estimate of drug-likeness (QED) is 0.431. The number of nitrogens with one attached hydrogen (secondary N) is 3. The van der Waals surface area contributed by atoms with Gasteiger partial charge in [0.25, 0.3) is 0 Å². The Morgan fingerprint density at radius 3 is 2.57 bits per heavy atom. The van der Waals surface area contributed by atoms with Crippen LogP contribution in [-0.4, -0.2) is 73.5 Å². The number of piperazine rings is 1. The molecule has 0 spiro atoms. The molecule has 238 valence electrons. The molecule has 0 unspecified atom stereocenters. The molecule has 0 aromatic heterocycles. The highest BCUT2D eigenvalue weighted by atomic mass is 35.5. The molecule has 44 heavy (non-hydrogen) atoms. The van der Waals surface area contributed by atoms with Crippen molar-refractivity contribution in [1.82, 2.24) is 20.9 Å². The van der Waals surface area contributed by atoms with Gasteiger partial charge >= 0.3 is 0 Å². The van der Waals surface area contributed by atoms with Gasteiger partial charge in [-0.2, -0.15) is 0 Å². The number of halogens is 3. The summed E-state index contributed by atoms with van der Waals surface area (Å²) in [4.78, 5) is 45.4.